The molecule has 0 amide bonds. The molecule has 0 aliphatic heterocycles. The Balaban J connectivity index is 1.78. The molecule has 1 fully saturated rings. The van der Waals surface area contributed by atoms with Crippen LogP contribution in [0.15, 0.2) is 24.3 Å². The highest BCUT2D eigenvalue weighted by Crippen LogP contribution is 2.26. The normalized spacial score (nSPS) is 20.8. The second-order valence-electron chi connectivity index (χ2n) is 6.10. The Labute approximate surface area is 147 Å². The van der Waals surface area contributed by atoms with E-state index in [1.807, 2.05) is 17.9 Å². The molecule has 1 aromatic rings. The number of sulfonamides is 1. The molecular formula is C16H23ClN2O4S. The van der Waals surface area contributed by atoms with Crippen LogP contribution in [0.1, 0.15) is 25.3 Å². The van der Waals surface area contributed by atoms with Crippen molar-refractivity contribution < 1.29 is 18.3 Å². The average molecular weight is 375 g/mol. The molecule has 1 saturated carbocycles. The van der Waals surface area contributed by atoms with Crippen LogP contribution in [-0.4, -0.2) is 55.3 Å². The van der Waals surface area contributed by atoms with Crippen molar-refractivity contribution in [2.75, 3.05) is 18.8 Å². The number of benzene rings is 1. The number of rotatable bonds is 9. The average Bonchev–Trinajstić information content (AvgIpc) is 2.46. The van der Waals surface area contributed by atoms with Gasteiger partial charge in [-0.1, -0.05) is 30.7 Å². The van der Waals surface area contributed by atoms with Crippen LogP contribution in [0.3, 0.4) is 0 Å². The molecule has 0 radical (unpaired) electrons. The van der Waals surface area contributed by atoms with E-state index in [9.17, 15) is 13.2 Å². The van der Waals surface area contributed by atoms with E-state index in [4.69, 9.17) is 16.7 Å². The highest BCUT2D eigenvalue weighted by Gasteiger charge is 2.35. The fraction of sp³-hybridized carbons (Fsp3) is 0.562. The molecule has 2 rings (SSSR count). The zero-order chi connectivity index (χ0) is 17.7. The topological polar surface area (TPSA) is 86.7 Å². The Morgan fingerprint density at radius 3 is 2.71 bits per heavy atom. The first kappa shape index (κ1) is 19.2. The van der Waals surface area contributed by atoms with E-state index < -0.39 is 16.0 Å². The molecule has 2 N–H and O–H groups in total. The van der Waals surface area contributed by atoms with Crippen molar-refractivity contribution in [2.24, 2.45) is 0 Å². The van der Waals surface area contributed by atoms with Gasteiger partial charge in [-0.15, -0.1) is 0 Å². The smallest absolute Gasteiger partial charge is 0.317 e. The molecule has 0 heterocycles. The van der Waals surface area contributed by atoms with Gasteiger partial charge in [0.15, 0.2) is 0 Å². The molecule has 0 unspecified atom stereocenters. The van der Waals surface area contributed by atoms with Gasteiger partial charge in [0.05, 0.1) is 12.3 Å². The van der Waals surface area contributed by atoms with Gasteiger partial charge in [-0.25, -0.2) is 13.1 Å². The Hall–Kier alpha value is -1.15. The van der Waals surface area contributed by atoms with E-state index in [1.54, 1.807) is 18.2 Å². The van der Waals surface area contributed by atoms with Crippen LogP contribution in [0, 0.1) is 0 Å². The fourth-order valence-electron chi connectivity index (χ4n) is 2.91. The summed E-state index contributed by atoms with van der Waals surface area (Å²) >= 11 is 5.89. The number of halogens is 1. The highest BCUT2D eigenvalue weighted by atomic mass is 35.5. The number of nitrogens with zero attached hydrogens (tertiary/aromatic N) is 1. The minimum Gasteiger partial charge on any atom is -0.480 e. The summed E-state index contributed by atoms with van der Waals surface area (Å²) in [7, 11) is -3.36. The van der Waals surface area contributed by atoms with Gasteiger partial charge < -0.3 is 5.11 Å². The van der Waals surface area contributed by atoms with Gasteiger partial charge in [0, 0.05) is 17.1 Å². The summed E-state index contributed by atoms with van der Waals surface area (Å²) in [6.45, 7) is 2.55. The van der Waals surface area contributed by atoms with Gasteiger partial charge in [0.25, 0.3) is 0 Å². The molecule has 0 aromatic heterocycles. The summed E-state index contributed by atoms with van der Waals surface area (Å²) in [6, 6.07) is 7.20. The second kappa shape index (κ2) is 8.29. The van der Waals surface area contributed by atoms with Crippen LogP contribution in [-0.2, 0) is 21.2 Å². The molecule has 0 atom stereocenters. The number of carboxylic acid groups (broad SMARTS) is 1. The van der Waals surface area contributed by atoms with E-state index in [-0.39, 0.29) is 24.4 Å². The zero-order valence-electron chi connectivity index (χ0n) is 13.6. The van der Waals surface area contributed by atoms with Crippen molar-refractivity contribution in [3.05, 3.63) is 34.9 Å². The number of likely N-dealkylation sites (N-methyl/N-ethyl adjacent to an activating group) is 1. The van der Waals surface area contributed by atoms with E-state index in [1.165, 1.54) is 0 Å². The van der Waals surface area contributed by atoms with Gasteiger partial charge in [-0.3, -0.25) is 9.69 Å². The maximum absolute atomic E-state index is 12.2. The zero-order valence-corrected chi connectivity index (χ0v) is 15.2. The Morgan fingerprint density at radius 2 is 2.12 bits per heavy atom. The summed E-state index contributed by atoms with van der Waals surface area (Å²) in [5.74, 6) is -0.844. The third kappa shape index (κ3) is 5.73. The largest absolute Gasteiger partial charge is 0.480 e. The lowest BCUT2D eigenvalue weighted by Gasteiger charge is -2.42. The van der Waals surface area contributed by atoms with Crippen molar-refractivity contribution >= 4 is 27.6 Å². The van der Waals surface area contributed by atoms with E-state index in [0.717, 1.165) is 5.56 Å². The lowest BCUT2D eigenvalue weighted by atomic mass is 9.86. The molecule has 24 heavy (non-hydrogen) atoms. The Kier molecular flexibility index (Phi) is 6.62. The van der Waals surface area contributed by atoms with E-state index in [0.29, 0.717) is 30.8 Å². The number of hydrogen-bond acceptors (Lipinski definition) is 4. The van der Waals surface area contributed by atoms with Crippen molar-refractivity contribution in [2.45, 2.75) is 38.3 Å². The fourth-order valence-corrected chi connectivity index (χ4v) is 4.45. The standard InChI is InChI=1S/C16H23ClN2O4S/c1-2-19(11-16(20)21)15-9-14(10-15)18-24(22,23)7-6-12-4-3-5-13(17)8-12/h3-5,8,14-15,18H,2,6-7,9-11H2,1H3,(H,20,21). The first-order valence-corrected chi connectivity index (χ1v) is 10.0. The first-order valence-electron chi connectivity index (χ1n) is 7.99. The predicted octanol–water partition coefficient (Wildman–Crippen LogP) is 1.74. The predicted molar refractivity (Wildman–Crippen MR) is 93.8 cm³/mol. The maximum Gasteiger partial charge on any atom is 0.317 e. The molecule has 0 saturated heterocycles. The number of carbonyl (C=O) groups is 1. The van der Waals surface area contributed by atoms with Crippen LogP contribution in [0.25, 0.3) is 0 Å². The SMILES string of the molecule is CCN(CC(=O)O)C1CC(NS(=O)(=O)CCc2cccc(Cl)c2)C1. The Bertz CT molecular complexity index is 674. The van der Waals surface area contributed by atoms with Crippen LogP contribution in [0.2, 0.25) is 5.02 Å². The molecule has 1 aromatic carbocycles. The minimum absolute atomic E-state index is 0.00456. The molecule has 1 aliphatic rings. The van der Waals surface area contributed by atoms with E-state index >= 15 is 0 Å². The number of aryl methyl sites for hydroxylation is 1. The molecular weight excluding hydrogens is 352 g/mol. The number of hydrogen-bond donors (Lipinski definition) is 2. The summed E-state index contributed by atoms with van der Waals surface area (Å²) < 4.78 is 27.0. The Morgan fingerprint density at radius 1 is 1.42 bits per heavy atom. The van der Waals surface area contributed by atoms with Gasteiger partial charge in [0.2, 0.25) is 10.0 Å². The molecule has 0 spiro atoms. The quantitative estimate of drug-likeness (QED) is 0.687. The molecule has 0 bridgehead atoms. The summed E-state index contributed by atoms with van der Waals surface area (Å²) in [4.78, 5) is 12.7. The van der Waals surface area contributed by atoms with E-state index in [2.05, 4.69) is 4.72 Å². The molecule has 8 heteroatoms. The van der Waals surface area contributed by atoms with Crippen molar-refractivity contribution in [1.29, 1.82) is 0 Å². The third-order valence-electron chi connectivity index (χ3n) is 4.27. The number of nitrogens with one attached hydrogen (secondary N) is 1. The first-order chi connectivity index (χ1) is 11.3. The van der Waals surface area contributed by atoms with Crippen molar-refractivity contribution in [3.63, 3.8) is 0 Å². The maximum atomic E-state index is 12.2. The lowest BCUT2D eigenvalue weighted by molar-refractivity contribution is -0.139. The monoisotopic (exact) mass is 374 g/mol. The van der Waals surface area contributed by atoms with Crippen LogP contribution >= 0.6 is 11.6 Å². The molecule has 134 valence electrons. The van der Waals surface area contributed by atoms with Gasteiger partial charge in [-0.2, -0.15) is 0 Å². The highest BCUT2D eigenvalue weighted by molar-refractivity contribution is 7.89. The van der Waals surface area contributed by atoms with Crippen LogP contribution in [0.5, 0.6) is 0 Å². The van der Waals surface area contributed by atoms with Crippen LogP contribution < -0.4 is 4.72 Å². The number of aliphatic carboxylic acids is 1. The van der Waals surface area contributed by atoms with Gasteiger partial charge >= 0.3 is 5.97 Å². The van der Waals surface area contributed by atoms with Gasteiger partial charge in [0.1, 0.15) is 0 Å². The summed E-state index contributed by atoms with van der Waals surface area (Å²) in [6.07, 6.45) is 1.71. The van der Waals surface area contributed by atoms with Crippen molar-refractivity contribution in [1.82, 2.24) is 9.62 Å². The van der Waals surface area contributed by atoms with Gasteiger partial charge in [-0.05, 0) is 43.5 Å². The lowest BCUT2D eigenvalue weighted by Crippen LogP contribution is -2.55. The summed E-state index contributed by atoms with van der Waals surface area (Å²) in [5, 5.41) is 9.47. The minimum atomic E-state index is -3.36. The molecule has 6 nitrogen and oxygen atoms in total. The van der Waals surface area contributed by atoms with Crippen molar-refractivity contribution in [3.8, 4) is 0 Å². The number of carboxylic acids is 1. The third-order valence-corrected chi connectivity index (χ3v) is 5.94. The summed E-state index contributed by atoms with van der Waals surface area (Å²) in [5.41, 5.74) is 0.887. The second-order valence-corrected chi connectivity index (χ2v) is 8.41. The van der Waals surface area contributed by atoms with Crippen LogP contribution in [0.4, 0.5) is 0 Å². The molecule has 1 aliphatic carbocycles.